The van der Waals surface area contributed by atoms with Crippen LogP contribution in [0.2, 0.25) is 18.1 Å². The SMILES string of the molecule is CC1(C)OC2[C@@H](CO[Si](C)(C)C(C)(C)C)C3(CC3)[C@@H](n3ccc(=O)[nH]c3=O)[C@H]2O1. The minimum atomic E-state index is -1.92. The molecule has 1 N–H and O–H groups in total. The molecule has 2 aliphatic carbocycles. The van der Waals surface area contributed by atoms with E-state index < -0.39 is 14.1 Å². The standard InChI is InChI=1S/C21H34N2O5Si/c1-19(2,3)29(6,7)26-12-13-15-16(28-20(4,5)27-15)17(21(13)9-10-21)23-11-8-14(24)22-18(23)25/h8,11,13,15-17H,9-10,12H2,1-7H3,(H,22,24,25)/t13-,15?,16+,17+/m1/s1. The van der Waals surface area contributed by atoms with E-state index in [4.69, 9.17) is 13.9 Å². The van der Waals surface area contributed by atoms with Crippen LogP contribution in [0.25, 0.3) is 0 Å². The molecule has 4 rings (SSSR count). The number of H-pyrrole nitrogens is 1. The fourth-order valence-electron chi connectivity index (χ4n) is 4.91. The van der Waals surface area contributed by atoms with Gasteiger partial charge in [-0.25, -0.2) is 4.79 Å². The van der Waals surface area contributed by atoms with Crippen molar-refractivity contribution in [1.82, 2.24) is 9.55 Å². The van der Waals surface area contributed by atoms with Crippen molar-refractivity contribution in [2.24, 2.45) is 11.3 Å². The lowest BCUT2D eigenvalue weighted by Crippen LogP contribution is -2.44. The van der Waals surface area contributed by atoms with Crippen molar-refractivity contribution >= 4 is 8.32 Å². The number of aromatic amines is 1. The zero-order valence-electron chi connectivity index (χ0n) is 18.6. The molecule has 3 fully saturated rings. The Morgan fingerprint density at radius 1 is 1.21 bits per heavy atom. The van der Waals surface area contributed by atoms with Crippen LogP contribution >= 0.6 is 0 Å². The molecule has 1 unspecified atom stereocenters. The fourth-order valence-corrected chi connectivity index (χ4v) is 5.94. The summed E-state index contributed by atoms with van der Waals surface area (Å²) in [6, 6.07) is 1.25. The van der Waals surface area contributed by atoms with Crippen LogP contribution in [-0.4, -0.2) is 42.5 Å². The lowest BCUT2D eigenvalue weighted by molar-refractivity contribution is -0.169. The summed E-state index contributed by atoms with van der Waals surface area (Å²) in [4.78, 5) is 26.6. The van der Waals surface area contributed by atoms with E-state index in [9.17, 15) is 9.59 Å². The maximum absolute atomic E-state index is 12.6. The summed E-state index contributed by atoms with van der Waals surface area (Å²) in [6.45, 7) is 15.7. The molecule has 29 heavy (non-hydrogen) atoms. The van der Waals surface area contributed by atoms with E-state index in [-0.39, 0.29) is 45.9 Å². The van der Waals surface area contributed by atoms with Crippen molar-refractivity contribution in [2.75, 3.05) is 6.61 Å². The van der Waals surface area contributed by atoms with Gasteiger partial charge in [-0.05, 0) is 44.8 Å². The maximum atomic E-state index is 12.6. The number of nitrogens with zero attached hydrogens (tertiary/aromatic N) is 1. The molecule has 162 valence electrons. The van der Waals surface area contributed by atoms with Gasteiger partial charge in [0.1, 0.15) is 6.10 Å². The third-order valence-electron chi connectivity index (χ3n) is 7.61. The van der Waals surface area contributed by atoms with E-state index >= 15 is 0 Å². The first-order valence-corrected chi connectivity index (χ1v) is 13.5. The second kappa shape index (κ2) is 6.39. The molecule has 1 spiro atoms. The Hall–Kier alpha value is -1.22. The molecule has 7 nitrogen and oxygen atoms in total. The predicted octanol–water partition coefficient (Wildman–Crippen LogP) is 3.03. The quantitative estimate of drug-likeness (QED) is 0.754. The number of hydrogen-bond donors (Lipinski definition) is 1. The number of ether oxygens (including phenoxy) is 2. The second-order valence-electron chi connectivity index (χ2n) is 10.9. The molecule has 1 aromatic rings. The topological polar surface area (TPSA) is 82.5 Å². The summed E-state index contributed by atoms with van der Waals surface area (Å²) >= 11 is 0. The largest absolute Gasteiger partial charge is 0.416 e. The summed E-state index contributed by atoms with van der Waals surface area (Å²) in [5, 5.41) is 0.128. The van der Waals surface area contributed by atoms with Gasteiger partial charge in [0, 0.05) is 30.2 Å². The first-order valence-electron chi connectivity index (χ1n) is 10.6. The Labute approximate surface area is 172 Å². The highest BCUT2D eigenvalue weighted by atomic mass is 28.4. The van der Waals surface area contributed by atoms with Gasteiger partial charge in [-0.15, -0.1) is 0 Å². The van der Waals surface area contributed by atoms with Gasteiger partial charge in [0.2, 0.25) is 0 Å². The molecule has 2 heterocycles. The molecule has 4 atom stereocenters. The van der Waals surface area contributed by atoms with Crippen molar-refractivity contribution < 1.29 is 13.9 Å². The molecule has 0 bridgehead atoms. The van der Waals surface area contributed by atoms with Crippen molar-refractivity contribution in [1.29, 1.82) is 0 Å². The molecular formula is C21H34N2O5Si. The van der Waals surface area contributed by atoms with Crippen molar-refractivity contribution in [3.8, 4) is 0 Å². The van der Waals surface area contributed by atoms with Crippen LogP contribution < -0.4 is 11.2 Å². The molecule has 8 heteroatoms. The maximum Gasteiger partial charge on any atom is 0.328 e. The van der Waals surface area contributed by atoms with Crippen molar-refractivity contribution in [2.45, 2.75) is 89.6 Å². The smallest absolute Gasteiger partial charge is 0.328 e. The van der Waals surface area contributed by atoms with Gasteiger partial charge in [0.05, 0.1) is 12.1 Å². The van der Waals surface area contributed by atoms with Crippen LogP contribution in [0.5, 0.6) is 0 Å². The number of hydrogen-bond acceptors (Lipinski definition) is 5. The normalized spacial score (nSPS) is 32.5. The average molecular weight is 423 g/mol. The molecule has 0 aromatic carbocycles. The zero-order valence-corrected chi connectivity index (χ0v) is 19.6. The fraction of sp³-hybridized carbons (Fsp3) is 0.810. The van der Waals surface area contributed by atoms with Crippen LogP contribution in [0.15, 0.2) is 21.9 Å². The molecule has 0 amide bonds. The van der Waals surface area contributed by atoms with Crippen molar-refractivity contribution in [3.05, 3.63) is 33.1 Å². The summed E-state index contributed by atoms with van der Waals surface area (Å²) in [5.74, 6) is -0.544. The lowest BCUT2D eigenvalue weighted by atomic mass is 9.89. The highest BCUT2D eigenvalue weighted by molar-refractivity contribution is 6.74. The Balaban J connectivity index is 1.70. The summed E-state index contributed by atoms with van der Waals surface area (Å²) in [5.41, 5.74) is -0.852. The third kappa shape index (κ3) is 3.38. The van der Waals surface area contributed by atoms with E-state index in [2.05, 4.69) is 38.8 Å². The lowest BCUT2D eigenvalue weighted by Gasteiger charge is -2.38. The molecule has 3 aliphatic rings. The Kier molecular flexibility index (Phi) is 4.63. The first-order chi connectivity index (χ1) is 13.3. The summed E-state index contributed by atoms with van der Waals surface area (Å²) in [6.07, 6.45) is 3.27. The minimum Gasteiger partial charge on any atom is -0.416 e. The molecule has 1 aromatic heterocycles. The second-order valence-corrected chi connectivity index (χ2v) is 15.7. The summed E-state index contributed by atoms with van der Waals surface area (Å²) < 4.78 is 20.9. The number of fused-ring (bicyclic) bond motifs is 1. The van der Waals surface area contributed by atoms with Gasteiger partial charge >= 0.3 is 5.69 Å². The molecule has 2 saturated carbocycles. The number of nitrogens with one attached hydrogen (secondary N) is 1. The van der Waals surface area contributed by atoms with Gasteiger partial charge < -0.3 is 13.9 Å². The van der Waals surface area contributed by atoms with Crippen LogP contribution in [0, 0.1) is 11.3 Å². The van der Waals surface area contributed by atoms with E-state index in [0.29, 0.717) is 6.61 Å². The summed E-state index contributed by atoms with van der Waals surface area (Å²) in [7, 11) is -1.92. The van der Waals surface area contributed by atoms with E-state index in [1.807, 2.05) is 13.8 Å². The Morgan fingerprint density at radius 3 is 2.38 bits per heavy atom. The first kappa shape index (κ1) is 21.0. The molecular weight excluding hydrogens is 388 g/mol. The zero-order chi connectivity index (χ0) is 21.4. The van der Waals surface area contributed by atoms with Gasteiger partial charge in [0.25, 0.3) is 5.56 Å². The number of rotatable bonds is 4. The van der Waals surface area contributed by atoms with Crippen LogP contribution in [-0.2, 0) is 13.9 Å². The van der Waals surface area contributed by atoms with E-state index in [0.717, 1.165) is 12.8 Å². The third-order valence-corrected chi connectivity index (χ3v) is 12.1. The Bertz CT molecular complexity index is 909. The monoisotopic (exact) mass is 422 g/mol. The molecule has 0 radical (unpaired) electrons. The minimum absolute atomic E-state index is 0.0870. The highest BCUT2D eigenvalue weighted by Crippen LogP contribution is 2.69. The van der Waals surface area contributed by atoms with Crippen LogP contribution in [0.1, 0.15) is 53.5 Å². The average Bonchev–Trinajstić information content (AvgIpc) is 3.23. The molecule has 1 aliphatic heterocycles. The van der Waals surface area contributed by atoms with E-state index in [1.54, 1.807) is 10.8 Å². The van der Waals surface area contributed by atoms with Gasteiger partial charge in [-0.3, -0.25) is 14.3 Å². The van der Waals surface area contributed by atoms with Gasteiger partial charge in [-0.1, -0.05) is 20.8 Å². The van der Waals surface area contributed by atoms with Gasteiger partial charge in [0.15, 0.2) is 14.1 Å². The van der Waals surface area contributed by atoms with Crippen LogP contribution in [0.4, 0.5) is 0 Å². The van der Waals surface area contributed by atoms with Gasteiger partial charge in [-0.2, -0.15) is 0 Å². The van der Waals surface area contributed by atoms with Crippen LogP contribution in [0.3, 0.4) is 0 Å². The highest BCUT2D eigenvalue weighted by Gasteiger charge is 2.71. The Morgan fingerprint density at radius 2 is 1.83 bits per heavy atom. The predicted molar refractivity (Wildman–Crippen MR) is 112 cm³/mol. The molecule has 1 saturated heterocycles. The van der Waals surface area contributed by atoms with E-state index in [1.165, 1.54) is 6.07 Å². The number of aromatic nitrogens is 2. The van der Waals surface area contributed by atoms with Crippen molar-refractivity contribution in [3.63, 3.8) is 0 Å².